The van der Waals surface area contributed by atoms with Crippen LogP contribution in [0.4, 0.5) is 15.5 Å². The number of benzene rings is 1. The van der Waals surface area contributed by atoms with Crippen molar-refractivity contribution >= 4 is 73.1 Å². The molecule has 2 fully saturated rings. The molecule has 2 aromatic rings. The Kier molecular flexibility index (Phi) is 9.21. The lowest BCUT2D eigenvalue weighted by atomic mass is 9.93. The van der Waals surface area contributed by atoms with Crippen molar-refractivity contribution in [2.45, 2.75) is 71.3 Å². The molecule has 236 valence electrons. The van der Waals surface area contributed by atoms with E-state index in [4.69, 9.17) is 32.7 Å². The molecule has 1 aromatic carbocycles. The van der Waals surface area contributed by atoms with Crippen molar-refractivity contribution in [1.82, 2.24) is 9.21 Å². The number of carbonyl (C=O) groups excluding carboxylic acids is 3. The third kappa shape index (κ3) is 7.12. The van der Waals surface area contributed by atoms with Crippen molar-refractivity contribution in [3.05, 3.63) is 44.8 Å². The van der Waals surface area contributed by atoms with Gasteiger partial charge in [-0.15, -0.1) is 11.3 Å². The van der Waals surface area contributed by atoms with Crippen LogP contribution in [0.5, 0.6) is 0 Å². The molecule has 43 heavy (non-hydrogen) atoms. The van der Waals surface area contributed by atoms with Crippen molar-refractivity contribution in [2.24, 2.45) is 0 Å². The minimum atomic E-state index is -4.07. The molecule has 0 bridgehead atoms. The lowest BCUT2D eigenvalue weighted by Crippen LogP contribution is -2.66. The Morgan fingerprint density at radius 2 is 1.79 bits per heavy atom. The molecule has 4 amide bonds. The van der Waals surface area contributed by atoms with Crippen LogP contribution < -0.4 is 10.6 Å². The topological polar surface area (TPSA) is 134 Å². The van der Waals surface area contributed by atoms with Crippen LogP contribution in [0.3, 0.4) is 0 Å². The van der Waals surface area contributed by atoms with E-state index in [-0.39, 0.29) is 51.4 Å². The summed E-state index contributed by atoms with van der Waals surface area (Å²) in [5, 5.41) is 6.08. The molecule has 0 saturated carbocycles. The molecular formula is C28H36Cl2N4O7S2. The fourth-order valence-electron chi connectivity index (χ4n) is 4.80. The predicted octanol–water partition coefficient (Wildman–Crippen LogP) is 5.54. The molecular weight excluding hydrogens is 639 g/mol. The normalized spacial score (nSPS) is 20.3. The number of hydrogen-bond donors (Lipinski definition) is 2. The summed E-state index contributed by atoms with van der Waals surface area (Å²) in [6.07, 6.45) is -0.723. The lowest BCUT2D eigenvalue weighted by Gasteiger charge is -2.45. The summed E-state index contributed by atoms with van der Waals surface area (Å²) in [4.78, 5) is 42.8. The van der Waals surface area contributed by atoms with Crippen LogP contribution in [0.1, 0.15) is 63.7 Å². The van der Waals surface area contributed by atoms with E-state index in [0.29, 0.717) is 0 Å². The van der Waals surface area contributed by atoms with Crippen molar-refractivity contribution in [3.8, 4) is 0 Å². The largest absolute Gasteiger partial charge is 0.348 e. The highest BCUT2D eigenvalue weighted by Crippen LogP contribution is 2.39. The second-order valence-corrected chi connectivity index (χ2v) is 16.2. The number of sulfonamides is 1. The number of thiophene rings is 1. The molecule has 1 unspecified atom stereocenters. The first-order chi connectivity index (χ1) is 19.7. The zero-order chi connectivity index (χ0) is 32.1. The summed E-state index contributed by atoms with van der Waals surface area (Å²) in [5.41, 5.74) is -1.40. The molecule has 4 rings (SSSR count). The van der Waals surface area contributed by atoms with Crippen LogP contribution in [0, 0.1) is 0 Å². The number of nitrogens with zero attached hydrogens (tertiary/aromatic N) is 2. The second kappa shape index (κ2) is 11.8. The van der Waals surface area contributed by atoms with Crippen molar-refractivity contribution in [1.29, 1.82) is 0 Å². The van der Waals surface area contributed by atoms with E-state index in [0.717, 1.165) is 9.18 Å². The molecule has 0 aliphatic carbocycles. The summed E-state index contributed by atoms with van der Waals surface area (Å²) >= 11 is 13.5. The first kappa shape index (κ1) is 33.5. The number of amides is 4. The molecule has 2 N–H and O–H groups in total. The van der Waals surface area contributed by atoms with E-state index in [9.17, 15) is 22.8 Å². The van der Waals surface area contributed by atoms with Gasteiger partial charge in [-0.05, 0) is 51.3 Å². The van der Waals surface area contributed by atoms with Crippen LogP contribution >= 0.6 is 34.5 Å². The smallest absolute Gasteiger partial charge is 0.324 e. The van der Waals surface area contributed by atoms with Gasteiger partial charge in [0.2, 0.25) is 10.0 Å². The summed E-state index contributed by atoms with van der Waals surface area (Å²) in [7, 11) is -4.07. The molecule has 15 heteroatoms. The first-order valence-electron chi connectivity index (χ1n) is 13.6. The highest BCUT2D eigenvalue weighted by molar-refractivity contribution is 7.89. The molecule has 3 heterocycles. The molecule has 2 aliphatic heterocycles. The van der Waals surface area contributed by atoms with Gasteiger partial charge in [-0.1, -0.05) is 50.0 Å². The number of piperazine rings is 1. The monoisotopic (exact) mass is 674 g/mol. The number of urea groups is 1. The Morgan fingerprint density at radius 1 is 1.12 bits per heavy atom. The Morgan fingerprint density at radius 3 is 2.40 bits per heavy atom. The van der Waals surface area contributed by atoms with Crippen LogP contribution in [0.25, 0.3) is 0 Å². The molecule has 1 atom stereocenters. The van der Waals surface area contributed by atoms with Crippen LogP contribution in [0.15, 0.2) is 24.3 Å². The Hall–Kier alpha value is -2.42. The molecule has 1 aromatic heterocycles. The van der Waals surface area contributed by atoms with Gasteiger partial charge >= 0.3 is 6.03 Å². The third-order valence-electron chi connectivity index (χ3n) is 7.12. The van der Waals surface area contributed by atoms with Crippen LogP contribution in [-0.2, 0) is 29.7 Å². The predicted molar refractivity (Wildman–Crippen MR) is 168 cm³/mol. The van der Waals surface area contributed by atoms with Gasteiger partial charge in [-0.3, -0.25) is 14.9 Å². The number of anilines is 2. The summed E-state index contributed by atoms with van der Waals surface area (Å²) in [5.74, 6) is -2.60. The Balaban J connectivity index is 1.57. The summed E-state index contributed by atoms with van der Waals surface area (Å²) < 4.78 is 38.5. The van der Waals surface area contributed by atoms with Crippen molar-refractivity contribution in [3.63, 3.8) is 0 Å². The summed E-state index contributed by atoms with van der Waals surface area (Å²) in [6, 6.07) is 5.86. The van der Waals surface area contributed by atoms with Gasteiger partial charge in [0.1, 0.15) is 16.6 Å². The van der Waals surface area contributed by atoms with E-state index in [2.05, 4.69) is 10.6 Å². The minimum absolute atomic E-state index is 0.0468. The molecule has 0 spiro atoms. The van der Waals surface area contributed by atoms with Gasteiger partial charge < -0.3 is 19.7 Å². The lowest BCUT2D eigenvalue weighted by molar-refractivity contribution is -0.140. The van der Waals surface area contributed by atoms with Gasteiger partial charge in [0.15, 0.2) is 5.79 Å². The second-order valence-electron chi connectivity index (χ2n) is 12.4. The fraction of sp³-hybridized carbons (Fsp3) is 0.536. The van der Waals surface area contributed by atoms with E-state index >= 15 is 0 Å². The minimum Gasteiger partial charge on any atom is -0.348 e. The van der Waals surface area contributed by atoms with E-state index in [1.165, 1.54) is 30.1 Å². The van der Waals surface area contributed by atoms with Crippen LogP contribution in [0.2, 0.25) is 10.0 Å². The standard InChI is InChI=1S/C28H36Cl2N4O7S2/c1-26(2,3)20-13-17(22(42-20)32-25(37)31-19-10-8-9-18(29)21(19)30)23(35)33-11-12-34(24(36)27(33,4)5)43(38,39)15-16-14-40-28(6,7)41-16/h8-10,13,16H,11-12,14-15H2,1-7H3,(H2,31,32,37). The zero-order valence-electron chi connectivity index (χ0n) is 25.0. The Bertz CT molecular complexity index is 1550. The Labute approximate surface area is 265 Å². The van der Waals surface area contributed by atoms with E-state index in [1.54, 1.807) is 38.1 Å². The molecule has 0 radical (unpaired) electrons. The first-order valence-corrected chi connectivity index (χ1v) is 16.8. The maximum atomic E-state index is 14.0. The van der Waals surface area contributed by atoms with Crippen molar-refractivity contribution in [2.75, 3.05) is 36.1 Å². The molecule has 2 saturated heterocycles. The highest BCUT2D eigenvalue weighted by atomic mass is 35.5. The number of hydrogen-bond acceptors (Lipinski definition) is 8. The van der Waals surface area contributed by atoms with Gasteiger partial charge in [-0.25, -0.2) is 17.5 Å². The van der Waals surface area contributed by atoms with E-state index in [1.807, 2.05) is 20.8 Å². The van der Waals surface area contributed by atoms with E-state index < -0.39 is 51.1 Å². The highest BCUT2D eigenvalue weighted by Gasteiger charge is 2.49. The average molecular weight is 676 g/mol. The van der Waals surface area contributed by atoms with Gasteiger partial charge in [0.05, 0.1) is 40.2 Å². The SMILES string of the molecule is CC1(C)OCC(CS(=O)(=O)N2CCN(C(=O)c3cc(C(C)(C)C)sc3NC(=O)Nc3cccc(Cl)c3Cl)C(C)(C)C2=O)O1. The zero-order valence-corrected chi connectivity index (χ0v) is 28.2. The maximum Gasteiger partial charge on any atom is 0.324 e. The molecule has 11 nitrogen and oxygen atoms in total. The fourth-order valence-corrected chi connectivity index (χ4v) is 7.90. The van der Waals surface area contributed by atoms with Gasteiger partial charge in [-0.2, -0.15) is 0 Å². The van der Waals surface area contributed by atoms with Crippen molar-refractivity contribution < 1.29 is 32.3 Å². The number of carbonyl (C=O) groups is 3. The quantitative estimate of drug-likeness (QED) is 0.411. The number of halogens is 2. The summed E-state index contributed by atoms with van der Waals surface area (Å²) in [6.45, 7) is 12.1. The number of nitrogens with one attached hydrogen (secondary N) is 2. The van der Waals surface area contributed by atoms with Gasteiger partial charge in [0, 0.05) is 11.4 Å². The number of ether oxygens (including phenoxy) is 2. The number of rotatable bonds is 6. The molecule has 2 aliphatic rings. The van der Waals surface area contributed by atoms with Gasteiger partial charge in [0.25, 0.3) is 11.8 Å². The average Bonchev–Trinajstić information content (AvgIpc) is 3.45. The third-order valence-corrected chi connectivity index (χ3v) is 11.2. The van der Waals surface area contributed by atoms with Crippen LogP contribution in [-0.4, -0.2) is 78.3 Å². The maximum absolute atomic E-state index is 14.0.